The van der Waals surface area contributed by atoms with Crippen molar-refractivity contribution in [3.8, 4) is 0 Å². The molecule has 0 radical (unpaired) electrons. The third-order valence-corrected chi connectivity index (χ3v) is 15.1. The quantitative estimate of drug-likeness (QED) is 0.0261. The zero-order chi connectivity index (χ0) is 55.0. The first-order chi connectivity index (χ1) is 37.5. The van der Waals surface area contributed by atoms with Crippen LogP contribution in [-0.2, 0) is 28.6 Å². The van der Waals surface area contributed by atoms with Gasteiger partial charge in [0.1, 0.15) is 13.2 Å². The molecule has 0 aliphatic heterocycles. The fourth-order valence-electron chi connectivity index (χ4n) is 10.1. The van der Waals surface area contributed by atoms with E-state index in [0.717, 1.165) is 96.3 Å². The van der Waals surface area contributed by atoms with E-state index in [9.17, 15) is 14.4 Å². The van der Waals surface area contributed by atoms with Crippen LogP contribution in [0.5, 0.6) is 0 Å². The average molecular weight is 1070 g/mol. The maximum Gasteiger partial charge on any atom is 0.306 e. The largest absolute Gasteiger partial charge is 0.462 e. The third-order valence-electron chi connectivity index (χ3n) is 15.1. The van der Waals surface area contributed by atoms with E-state index in [4.69, 9.17) is 14.2 Å². The predicted octanol–water partition coefficient (Wildman–Crippen LogP) is 22.9. The smallest absolute Gasteiger partial charge is 0.306 e. The van der Waals surface area contributed by atoms with Gasteiger partial charge in [-0.05, 0) is 57.8 Å². The molecule has 444 valence electrons. The first-order valence-corrected chi connectivity index (χ1v) is 33.6. The van der Waals surface area contributed by atoms with Gasteiger partial charge >= 0.3 is 17.9 Å². The molecule has 0 amide bonds. The minimum atomic E-state index is -0.779. The molecule has 76 heavy (non-hydrogen) atoms. The molecule has 0 aliphatic carbocycles. The number of rotatable bonds is 62. The van der Waals surface area contributed by atoms with Gasteiger partial charge in [0, 0.05) is 19.3 Å². The molecule has 0 spiro atoms. The van der Waals surface area contributed by atoms with Crippen LogP contribution < -0.4 is 0 Å². The van der Waals surface area contributed by atoms with Crippen LogP contribution in [0.3, 0.4) is 0 Å². The first-order valence-electron chi connectivity index (χ1n) is 33.6. The highest BCUT2D eigenvalue weighted by atomic mass is 16.6. The summed E-state index contributed by atoms with van der Waals surface area (Å²) in [4.78, 5) is 38.4. The Hall–Kier alpha value is -2.63. The summed E-state index contributed by atoms with van der Waals surface area (Å²) < 4.78 is 17.0. The fraction of sp³-hybridized carbons (Fsp3) is 0.843. The summed E-state index contributed by atoms with van der Waals surface area (Å²) in [5.74, 6) is -0.862. The zero-order valence-corrected chi connectivity index (χ0v) is 51.0. The number of hydrogen-bond acceptors (Lipinski definition) is 6. The lowest BCUT2D eigenvalue weighted by atomic mass is 10.0. The molecule has 6 nitrogen and oxygen atoms in total. The molecule has 1 atom stereocenters. The predicted molar refractivity (Wildman–Crippen MR) is 330 cm³/mol. The minimum absolute atomic E-state index is 0.0739. The molecule has 0 fully saturated rings. The van der Waals surface area contributed by atoms with E-state index in [-0.39, 0.29) is 31.1 Å². The number of carbonyl (C=O) groups is 3. The van der Waals surface area contributed by atoms with Crippen LogP contribution in [0.4, 0.5) is 0 Å². The maximum absolute atomic E-state index is 12.9. The van der Waals surface area contributed by atoms with Gasteiger partial charge < -0.3 is 14.2 Å². The van der Waals surface area contributed by atoms with Gasteiger partial charge in [0.15, 0.2) is 6.10 Å². The Morgan fingerprint density at radius 3 is 0.803 bits per heavy atom. The molecule has 0 bridgehead atoms. The second-order valence-electron chi connectivity index (χ2n) is 22.7. The van der Waals surface area contributed by atoms with E-state index in [1.807, 2.05) is 0 Å². The van der Waals surface area contributed by atoms with Crippen molar-refractivity contribution in [2.75, 3.05) is 13.2 Å². The summed E-state index contributed by atoms with van der Waals surface area (Å²) in [6, 6.07) is 0. The molecule has 0 aromatic heterocycles. The molecule has 0 aromatic carbocycles. The van der Waals surface area contributed by atoms with Crippen molar-refractivity contribution in [1.82, 2.24) is 0 Å². The molecule has 6 heteroatoms. The van der Waals surface area contributed by atoms with Crippen molar-refractivity contribution in [3.05, 3.63) is 48.6 Å². The lowest BCUT2D eigenvalue weighted by Gasteiger charge is -2.18. The highest BCUT2D eigenvalue weighted by Gasteiger charge is 2.19. The Morgan fingerprint density at radius 2 is 0.513 bits per heavy atom. The van der Waals surface area contributed by atoms with Crippen molar-refractivity contribution in [3.63, 3.8) is 0 Å². The molecular weight excluding hydrogens is 937 g/mol. The second kappa shape index (κ2) is 64.9. The van der Waals surface area contributed by atoms with Crippen LogP contribution in [0.15, 0.2) is 48.6 Å². The topological polar surface area (TPSA) is 78.9 Å². The number of carbonyl (C=O) groups excluding carboxylic acids is 3. The fourth-order valence-corrected chi connectivity index (χ4v) is 10.1. The van der Waals surface area contributed by atoms with Gasteiger partial charge in [-0.15, -0.1) is 0 Å². The van der Waals surface area contributed by atoms with Crippen molar-refractivity contribution in [1.29, 1.82) is 0 Å². The summed E-state index contributed by atoms with van der Waals surface area (Å²) in [7, 11) is 0. The zero-order valence-electron chi connectivity index (χ0n) is 51.0. The molecule has 0 heterocycles. The SMILES string of the molecule is CC/C=C\C/C=C\C/C=C\C/C=C\CCCCCCCCC(=O)OC(COC(=O)CCCCCCCCCCCCCCCCC)COC(=O)CCCCCCCCCCCCCCCCCCCCCCCCCC. The number of hydrogen-bond donors (Lipinski definition) is 0. The van der Waals surface area contributed by atoms with Gasteiger partial charge in [0.25, 0.3) is 0 Å². The monoisotopic (exact) mass is 1060 g/mol. The lowest BCUT2D eigenvalue weighted by molar-refractivity contribution is -0.167. The lowest BCUT2D eigenvalue weighted by Crippen LogP contribution is -2.30. The standard InChI is InChI=1S/C70H128O6/c1-4-7-10-13-16-19-22-25-28-30-32-33-34-35-36-38-39-42-45-48-51-54-57-60-63-69(72)75-66-67(65-74-68(71)62-59-56-53-50-47-44-41-27-24-21-18-15-12-9-6-3)76-70(73)64-61-58-55-52-49-46-43-40-37-31-29-26-23-20-17-14-11-8-5-2/h8,11,17,20,26,29,37,40,67H,4-7,9-10,12-16,18-19,21-25,27-28,30-36,38-39,41-66H2,1-3H3/b11-8-,20-17-,29-26-,40-37-. The molecule has 0 rings (SSSR count). The number of esters is 3. The van der Waals surface area contributed by atoms with E-state index in [1.165, 1.54) is 225 Å². The summed E-state index contributed by atoms with van der Waals surface area (Å²) in [5.41, 5.74) is 0. The van der Waals surface area contributed by atoms with Crippen LogP contribution in [0.25, 0.3) is 0 Å². The minimum Gasteiger partial charge on any atom is -0.462 e. The molecular formula is C70H128O6. The Morgan fingerprint density at radius 1 is 0.276 bits per heavy atom. The van der Waals surface area contributed by atoms with Crippen LogP contribution >= 0.6 is 0 Å². The third kappa shape index (κ3) is 62.2. The number of ether oxygens (including phenoxy) is 3. The Kier molecular flexibility index (Phi) is 62.6. The molecule has 0 aromatic rings. The average Bonchev–Trinajstić information content (AvgIpc) is 3.42. The highest BCUT2D eigenvalue weighted by Crippen LogP contribution is 2.18. The van der Waals surface area contributed by atoms with Gasteiger partial charge in [-0.3, -0.25) is 14.4 Å². The van der Waals surface area contributed by atoms with Gasteiger partial charge in [0.05, 0.1) is 0 Å². The van der Waals surface area contributed by atoms with E-state index in [2.05, 4.69) is 69.4 Å². The van der Waals surface area contributed by atoms with E-state index in [1.54, 1.807) is 0 Å². The van der Waals surface area contributed by atoms with Gasteiger partial charge in [-0.2, -0.15) is 0 Å². The van der Waals surface area contributed by atoms with Crippen LogP contribution in [0.2, 0.25) is 0 Å². The van der Waals surface area contributed by atoms with Crippen molar-refractivity contribution in [2.45, 2.75) is 367 Å². The number of unbranched alkanes of at least 4 members (excludes halogenated alkanes) is 43. The maximum atomic E-state index is 12.9. The molecule has 0 N–H and O–H groups in total. The number of allylic oxidation sites excluding steroid dienone is 8. The van der Waals surface area contributed by atoms with Crippen LogP contribution in [0.1, 0.15) is 361 Å². The molecule has 0 saturated heterocycles. The van der Waals surface area contributed by atoms with E-state index >= 15 is 0 Å². The summed E-state index contributed by atoms with van der Waals surface area (Å²) in [5, 5.41) is 0. The Bertz CT molecular complexity index is 1310. The van der Waals surface area contributed by atoms with E-state index < -0.39 is 6.10 Å². The van der Waals surface area contributed by atoms with Gasteiger partial charge in [-0.1, -0.05) is 333 Å². The van der Waals surface area contributed by atoms with Crippen molar-refractivity contribution in [2.24, 2.45) is 0 Å². The summed E-state index contributed by atoms with van der Waals surface area (Å²) in [6.07, 6.45) is 81.3. The van der Waals surface area contributed by atoms with Crippen molar-refractivity contribution < 1.29 is 28.6 Å². The highest BCUT2D eigenvalue weighted by molar-refractivity contribution is 5.71. The van der Waals surface area contributed by atoms with E-state index in [0.29, 0.717) is 19.3 Å². The van der Waals surface area contributed by atoms with Gasteiger partial charge in [0.2, 0.25) is 0 Å². The second-order valence-corrected chi connectivity index (χ2v) is 22.7. The molecule has 1 unspecified atom stereocenters. The van der Waals surface area contributed by atoms with Crippen LogP contribution in [-0.4, -0.2) is 37.2 Å². The Labute approximate surface area is 473 Å². The molecule has 0 saturated carbocycles. The van der Waals surface area contributed by atoms with Gasteiger partial charge in [-0.25, -0.2) is 0 Å². The first kappa shape index (κ1) is 73.4. The summed E-state index contributed by atoms with van der Waals surface area (Å²) >= 11 is 0. The molecule has 0 aliphatic rings. The summed E-state index contributed by atoms with van der Waals surface area (Å²) in [6.45, 7) is 6.58. The Balaban J connectivity index is 4.29. The normalized spacial score (nSPS) is 12.3. The van der Waals surface area contributed by atoms with Crippen LogP contribution in [0, 0.1) is 0 Å². The van der Waals surface area contributed by atoms with Crippen molar-refractivity contribution >= 4 is 17.9 Å².